The van der Waals surface area contributed by atoms with Crippen molar-refractivity contribution in [1.29, 1.82) is 0 Å². The molecular weight excluding hydrogens is 222 g/mol. The number of allylic oxidation sites excluding steroid dienone is 3. The second kappa shape index (κ2) is 6.20. The van der Waals surface area contributed by atoms with E-state index in [4.69, 9.17) is 5.73 Å². The van der Waals surface area contributed by atoms with Crippen LogP contribution in [-0.2, 0) is 0 Å². The van der Waals surface area contributed by atoms with Gasteiger partial charge in [-0.2, -0.15) is 0 Å². The van der Waals surface area contributed by atoms with Crippen LogP contribution < -0.4 is 5.73 Å². The van der Waals surface area contributed by atoms with Gasteiger partial charge in [-0.15, -0.1) is 0 Å². The first-order valence-electron chi connectivity index (χ1n) is 6.23. The van der Waals surface area contributed by atoms with Crippen molar-refractivity contribution in [2.45, 2.75) is 27.2 Å². The molecule has 0 unspecified atom stereocenters. The summed E-state index contributed by atoms with van der Waals surface area (Å²) in [6.07, 6.45) is 2.90. The van der Waals surface area contributed by atoms with Gasteiger partial charge >= 0.3 is 0 Å². The Bertz CT molecular complexity index is 486. The van der Waals surface area contributed by atoms with Gasteiger partial charge in [0.15, 0.2) is 5.78 Å². The van der Waals surface area contributed by atoms with Gasteiger partial charge in [-0.1, -0.05) is 38.6 Å². The number of carbonyl (C=O) groups is 1. The van der Waals surface area contributed by atoms with Crippen LogP contribution in [0.2, 0.25) is 0 Å². The summed E-state index contributed by atoms with van der Waals surface area (Å²) in [7, 11) is 0. The summed E-state index contributed by atoms with van der Waals surface area (Å²) in [4.78, 5) is 11.3. The molecule has 1 aromatic rings. The Morgan fingerprint density at radius 3 is 2.61 bits per heavy atom. The predicted octanol–water partition coefficient (Wildman–Crippen LogP) is 3.79. The molecule has 0 spiro atoms. The third kappa shape index (κ3) is 3.59. The fraction of sp³-hybridized carbons (Fsp3) is 0.312. The molecule has 0 aromatic heterocycles. The second-order valence-corrected chi connectivity index (χ2v) is 4.62. The molecule has 0 aliphatic rings. The van der Waals surface area contributed by atoms with Crippen molar-refractivity contribution in [3.8, 4) is 0 Å². The van der Waals surface area contributed by atoms with Crippen LogP contribution in [0.1, 0.15) is 43.1 Å². The summed E-state index contributed by atoms with van der Waals surface area (Å²) in [5.41, 5.74) is 9.31. The number of rotatable bonds is 5. The van der Waals surface area contributed by atoms with E-state index in [9.17, 15) is 4.79 Å². The molecule has 0 saturated heterocycles. The minimum absolute atomic E-state index is 0.0588. The zero-order chi connectivity index (χ0) is 13.7. The van der Waals surface area contributed by atoms with Crippen molar-refractivity contribution in [3.63, 3.8) is 0 Å². The Labute approximate surface area is 109 Å². The van der Waals surface area contributed by atoms with Gasteiger partial charge in [0.05, 0.1) is 0 Å². The molecule has 2 N–H and O–H groups in total. The Morgan fingerprint density at radius 1 is 1.44 bits per heavy atom. The molecule has 1 atom stereocenters. The van der Waals surface area contributed by atoms with E-state index in [1.165, 1.54) is 0 Å². The highest BCUT2D eigenvalue weighted by atomic mass is 16.1. The molecule has 18 heavy (non-hydrogen) atoms. The average molecular weight is 243 g/mol. The average Bonchev–Trinajstić information content (AvgIpc) is 2.37. The Morgan fingerprint density at radius 2 is 2.06 bits per heavy atom. The van der Waals surface area contributed by atoms with Crippen LogP contribution in [0.4, 0.5) is 0 Å². The number of hydrogen-bond acceptors (Lipinski definition) is 2. The van der Waals surface area contributed by atoms with E-state index in [-0.39, 0.29) is 5.78 Å². The number of carbonyl (C=O) groups excluding carboxylic acids is 1. The van der Waals surface area contributed by atoms with E-state index in [1.54, 1.807) is 13.0 Å². The van der Waals surface area contributed by atoms with Crippen LogP contribution in [0.5, 0.6) is 0 Å². The standard InChI is InChI=1S/C16H21NO/c1-5-11(2)16(17)9-12(3)14-7-6-8-15(10-14)13(4)18/h6-11H,3,5,17H2,1-2,4H3/b16-9+/t11-/m1/s1. The number of hydrogen-bond donors (Lipinski definition) is 1. The highest BCUT2D eigenvalue weighted by Gasteiger charge is 2.05. The van der Waals surface area contributed by atoms with Gasteiger partial charge in [0.2, 0.25) is 0 Å². The summed E-state index contributed by atoms with van der Waals surface area (Å²) in [6.45, 7) is 9.77. The molecule has 0 aliphatic heterocycles. The maximum atomic E-state index is 11.3. The van der Waals surface area contributed by atoms with Crippen LogP contribution in [0, 0.1) is 5.92 Å². The van der Waals surface area contributed by atoms with Crippen LogP contribution in [-0.4, -0.2) is 5.78 Å². The van der Waals surface area contributed by atoms with Gasteiger partial charge in [0, 0.05) is 11.3 Å². The normalized spacial score (nSPS) is 13.2. The molecule has 1 rings (SSSR count). The molecule has 1 aromatic carbocycles. The first-order valence-corrected chi connectivity index (χ1v) is 6.23. The van der Waals surface area contributed by atoms with Crippen molar-refractivity contribution in [3.05, 3.63) is 53.7 Å². The molecule has 2 heteroatoms. The van der Waals surface area contributed by atoms with Crippen LogP contribution in [0.25, 0.3) is 5.57 Å². The van der Waals surface area contributed by atoms with E-state index < -0.39 is 0 Å². The van der Waals surface area contributed by atoms with Crippen molar-refractivity contribution in [1.82, 2.24) is 0 Å². The highest BCUT2D eigenvalue weighted by Crippen LogP contribution is 2.19. The van der Waals surface area contributed by atoms with E-state index >= 15 is 0 Å². The maximum Gasteiger partial charge on any atom is 0.159 e. The lowest BCUT2D eigenvalue weighted by Crippen LogP contribution is -2.07. The highest BCUT2D eigenvalue weighted by molar-refractivity contribution is 5.95. The zero-order valence-electron chi connectivity index (χ0n) is 11.4. The van der Waals surface area contributed by atoms with Crippen LogP contribution in [0.15, 0.2) is 42.6 Å². The third-order valence-corrected chi connectivity index (χ3v) is 3.16. The van der Waals surface area contributed by atoms with Crippen molar-refractivity contribution in [2.24, 2.45) is 11.7 Å². The summed E-state index contributed by atoms with van der Waals surface area (Å²) in [6, 6.07) is 7.46. The first kappa shape index (κ1) is 14.2. The topological polar surface area (TPSA) is 43.1 Å². The summed E-state index contributed by atoms with van der Waals surface area (Å²) >= 11 is 0. The molecular formula is C16H21NO. The minimum atomic E-state index is 0.0588. The fourth-order valence-electron chi connectivity index (χ4n) is 1.60. The maximum absolute atomic E-state index is 11.3. The van der Waals surface area contributed by atoms with Crippen LogP contribution >= 0.6 is 0 Å². The Kier molecular flexibility index (Phi) is 4.90. The lowest BCUT2D eigenvalue weighted by molar-refractivity contribution is 0.101. The predicted molar refractivity (Wildman–Crippen MR) is 77.2 cm³/mol. The molecule has 2 nitrogen and oxygen atoms in total. The first-order chi connectivity index (χ1) is 8.45. The van der Waals surface area contributed by atoms with Gasteiger partial charge in [-0.25, -0.2) is 0 Å². The van der Waals surface area contributed by atoms with Crippen molar-refractivity contribution in [2.75, 3.05) is 0 Å². The molecule has 0 radical (unpaired) electrons. The van der Waals surface area contributed by atoms with Gasteiger partial charge in [0.1, 0.15) is 0 Å². The summed E-state index contributed by atoms with van der Waals surface area (Å²) < 4.78 is 0. The molecule has 96 valence electrons. The van der Waals surface area contributed by atoms with Crippen molar-refractivity contribution < 1.29 is 4.79 Å². The van der Waals surface area contributed by atoms with Gasteiger partial charge in [-0.3, -0.25) is 4.79 Å². The van der Waals surface area contributed by atoms with Crippen molar-refractivity contribution >= 4 is 11.4 Å². The summed E-state index contributed by atoms with van der Waals surface area (Å²) in [5, 5.41) is 0. The van der Waals surface area contributed by atoms with E-state index in [0.717, 1.165) is 23.3 Å². The van der Waals surface area contributed by atoms with E-state index in [0.29, 0.717) is 11.5 Å². The molecule has 0 saturated carbocycles. The molecule has 0 heterocycles. The monoisotopic (exact) mass is 243 g/mol. The van der Waals surface area contributed by atoms with Gasteiger partial charge in [-0.05, 0) is 42.5 Å². The lowest BCUT2D eigenvalue weighted by Gasteiger charge is -2.10. The molecule has 0 fully saturated rings. The SMILES string of the molecule is C=C(/C=C(/N)[C@H](C)CC)c1cccc(C(C)=O)c1. The van der Waals surface area contributed by atoms with E-state index in [2.05, 4.69) is 20.4 Å². The lowest BCUT2D eigenvalue weighted by atomic mass is 9.98. The number of benzene rings is 1. The molecule has 0 bridgehead atoms. The third-order valence-electron chi connectivity index (χ3n) is 3.16. The summed E-state index contributed by atoms with van der Waals surface area (Å²) in [5.74, 6) is 0.404. The van der Waals surface area contributed by atoms with Gasteiger partial charge in [0.25, 0.3) is 0 Å². The Balaban J connectivity index is 2.98. The second-order valence-electron chi connectivity index (χ2n) is 4.62. The fourth-order valence-corrected chi connectivity index (χ4v) is 1.60. The Hall–Kier alpha value is -1.83. The minimum Gasteiger partial charge on any atom is -0.402 e. The molecule has 0 amide bonds. The number of Topliss-reactive ketones (excluding diaryl/α,β-unsaturated/α-hetero) is 1. The van der Waals surface area contributed by atoms with Gasteiger partial charge < -0.3 is 5.73 Å². The zero-order valence-corrected chi connectivity index (χ0v) is 11.4. The smallest absolute Gasteiger partial charge is 0.159 e. The van der Waals surface area contributed by atoms with E-state index in [1.807, 2.05) is 24.3 Å². The number of ketones is 1. The number of nitrogens with two attached hydrogens (primary N) is 1. The molecule has 0 aliphatic carbocycles. The van der Waals surface area contributed by atoms with Crippen LogP contribution in [0.3, 0.4) is 0 Å². The largest absolute Gasteiger partial charge is 0.402 e. The quantitative estimate of drug-likeness (QED) is 0.631.